The number of rotatable bonds is 16. The topological polar surface area (TPSA) is 27.7 Å². The summed E-state index contributed by atoms with van der Waals surface area (Å²) >= 11 is 0. The van der Waals surface area contributed by atoms with Crippen molar-refractivity contribution < 1.29 is 14.2 Å². The monoisotopic (exact) mass is 390 g/mol. The number of benzene rings is 1. The van der Waals surface area contributed by atoms with E-state index in [9.17, 15) is 0 Å². The van der Waals surface area contributed by atoms with Crippen LogP contribution in [0.2, 0.25) is 0 Å². The Balaban J connectivity index is 1.61. The largest absolute Gasteiger partial charge is 0.378 e. The van der Waals surface area contributed by atoms with Gasteiger partial charge in [-0.1, -0.05) is 69.4 Å². The average molecular weight is 391 g/mol. The van der Waals surface area contributed by atoms with E-state index in [2.05, 4.69) is 37.3 Å². The molecule has 0 spiro atoms. The van der Waals surface area contributed by atoms with Crippen molar-refractivity contribution in [2.24, 2.45) is 0 Å². The fourth-order valence-electron chi connectivity index (χ4n) is 3.79. The van der Waals surface area contributed by atoms with Crippen LogP contribution < -0.4 is 0 Å². The first kappa shape index (κ1) is 23.4. The lowest BCUT2D eigenvalue weighted by Gasteiger charge is -2.23. The van der Waals surface area contributed by atoms with Gasteiger partial charge in [-0.3, -0.25) is 0 Å². The Labute approximate surface area is 173 Å². The van der Waals surface area contributed by atoms with Crippen molar-refractivity contribution >= 4 is 0 Å². The molecule has 1 aromatic rings. The van der Waals surface area contributed by atoms with E-state index in [0.717, 1.165) is 51.9 Å². The van der Waals surface area contributed by atoms with Gasteiger partial charge in [0.2, 0.25) is 0 Å². The minimum Gasteiger partial charge on any atom is -0.378 e. The third-order valence-electron chi connectivity index (χ3n) is 5.52. The van der Waals surface area contributed by atoms with Crippen molar-refractivity contribution in [1.82, 2.24) is 0 Å². The molecule has 1 aliphatic rings. The second-order valence-corrected chi connectivity index (χ2v) is 8.11. The highest BCUT2D eigenvalue weighted by Crippen LogP contribution is 2.16. The Hall–Kier alpha value is -0.900. The van der Waals surface area contributed by atoms with Crippen LogP contribution in [0.5, 0.6) is 0 Å². The van der Waals surface area contributed by atoms with Gasteiger partial charge in [-0.25, -0.2) is 0 Å². The Morgan fingerprint density at radius 1 is 0.929 bits per heavy atom. The molecular formula is C25H42O3. The van der Waals surface area contributed by atoms with Gasteiger partial charge in [-0.2, -0.15) is 0 Å². The highest BCUT2D eigenvalue weighted by atomic mass is 16.7. The van der Waals surface area contributed by atoms with E-state index in [-0.39, 0.29) is 6.29 Å². The quantitative estimate of drug-likeness (QED) is 0.294. The first-order valence-corrected chi connectivity index (χ1v) is 11.8. The van der Waals surface area contributed by atoms with E-state index in [1.165, 1.54) is 56.9 Å². The molecule has 1 fully saturated rings. The predicted octanol–water partition coefficient (Wildman–Crippen LogP) is 6.69. The predicted molar refractivity (Wildman–Crippen MR) is 117 cm³/mol. The van der Waals surface area contributed by atoms with Gasteiger partial charge in [0.05, 0.1) is 6.10 Å². The third-order valence-corrected chi connectivity index (χ3v) is 5.52. The summed E-state index contributed by atoms with van der Waals surface area (Å²) in [5, 5.41) is 0. The van der Waals surface area contributed by atoms with Gasteiger partial charge >= 0.3 is 0 Å². The van der Waals surface area contributed by atoms with Crippen LogP contribution in [0.3, 0.4) is 0 Å². The molecule has 3 heteroatoms. The Morgan fingerprint density at radius 3 is 2.50 bits per heavy atom. The van der Waals surface area contributed by atoms with E-state index in [1.807, 2.05) is 0 Å². The fourth-order valence-corrected chi connectivity index (χ4v) is 3.79. The number of hydrogen-bond donors (Lipinski definition) is 0. The lowest BCUT2D eigenvalue weighted by Crippen LogP contribution is -2.23. The van der Waals surface area contributed by atoms with Gasteiger partial charge < -0.3 is 14.2 Å². The minimum atomic E-state index is 0.0397. The molecule has 3 nitrogen and oxygen atoms in total. The van der Waals surface area contributed by atoms with E-state index >= 15 is 0 Å². The maximum absolute atomic E-state index is 6.28. The summed E-state index contributed by atoms with van der Waals surface area (Å²) in [7, 11) is 0. The Bertz CT molecular complexity index is 456. The molecule has 1 aliphatic heterocycles. The van der Waals surface area contributed by atoms with E-state index in [0.29, 0.717) is 6.10 Å². The van der Waals surface area contributed by atoms with Gasteiger partial charge in [0.15, 0.2) is 6.29 Å². The lowest BCUT2D eigenvalue weighted by molar-refractivity contribution is -0.163. The smallest absolute Gasteiger partial charge is 0.157 e. The standard InChI is InChI=1S/C25H42O3/c1-2-3-4-5-6-12-19-26-24(22-23-15-8-7-9-16-23)17-10-13-20-27-25-18-11-14-21-28-25/h7-9,15-16,24-25H,2-6,10-14,17-22H2,1H3. The molecule has 2 atom stereocenters. The molecule has 0 N–H and O–H groups in total. The van der Waals surface area contributed by atoms with Crippen LogP contribution in [-0.2, 0) is 20.6 Å². The summed E-state index contributed by atoms with van der Waals surface area (Å²) < 4.78 is 17.8. The second-order valence-electron chi connectivity index (χ2n) is 8.11. The average Bonchev–Trinajstić information content (AvgIpc) is 2.74. The highest BCUT2D eigenvalue weighted by Gasteiger charge is 2.14. The second kappa shape index (κ2) is 16.0. The maximum atomic E-state index is 6.28. The van der Waals surface area contributed by atoms with Crippen LogP contribution in [-0.4, -0.2) is 32.2 Å². The van der Waals surface area contributed by atoms with Crippen LogP contribution in [0.25, 0.3) is 0 Å². The van der Waals surface area contributed by atoms with Gasteiger partial charge in [-0.15, -0.1) is 0 Å². The molecule has 0 radical (unpaired) electrons. The van der Waals surface area contributed by atoms with Gasteiger partial charge in [0.25, 0.3) is 0 Å². The molecule has 0 bridgehead atoms. The lowest BCUT2D eigenvalue weighted by atomic mass is 10.0. The van der Waals surface area contributed by atoms with E-state index in [1.54, 1.807) is 0 Å². The first-order chi connectivity index (χ1) is 13.9. The number of ether oxygens (including phenoxy) is 3. The summed E-state index contributed by atoms with van der Waals surface area (Å²) in [6.45, 7) is 4.83. The van der Waals surface area contributed by atoms with Crippen molar-refractivity contribution in [3.63, 3.8) is 0 Å². The zero-order valence-electron chi connectivity index (χ0n) is 18.1. The van der Waals surface area contributed by atoms with Gasteiger partial charge in [0, 0.05) is 19.8 Å². The molecule has 160 valence electrons. The van der Waals surface area contributed by atoms with Crippen molar-refractivity contribution in [2.75, 3.05) is 19.8 Å². The van der Waals surface area contributed by atoms with Crippen LogP contribution in [0.4, 0.5) is 0 Å². The minimum absolute atomic E-state index is 0.0397. The molecule has 1 heterocycles. The van der Waals surface area contributed by atoms with Crippen molar-refractivity contribution in [3.8, 4) is 0 Å². The molecular weight excluding hydrogens is 348 g/mol. The van der Waals surface area contributed by atoms with Crippen LogP contribution in [0.15, 0.2) is 30.3 Å². The van der Waals surface area contributed by atoms with E-state index in [4.69, 9.17) is 14.2 Å². The third kappa shape index (κ3) is 11.2. The Kier molecular flexibility index (Phi) is 13.3. The van der Waals surface area contributed by atoms with Gasteiger partial charge in [-0.05, 0) is 56.9 Å². The SMILES string of the molecule is CCCCCCCCOC(CCCCOC1CCCCO1)Cc1ccccc1. The molecule has 1 saturated heterocycles. The van der Waals surface area contributed by atoms with Crippen molar-refractivity contribution in [1.29, 1.82) is 0 Å². The summed E-state index contributed by atoms with van der Waals surface area (Å²) in [6.07, 6.45) is 16.1. The fraction of sp³-hybridized carbons (Fsp3) is 0.760. The summed E-state index contributed by atoms with van der Waals surface area (Å²) in [5.74, 6) is 0. The Morgan fingerprint density at radius 2 is 1.71 bits per heavy atom. The molecule has 0 amide bonds. The molecule has 2 rings (SSSR count). The van der Waals surface area contributed by atoms with Crippen molar-refractivity contribution in [2.45, 2.75) is 103 Å². The van der Waals surface area contributed by atoms with Crippen molar-refractivity contribution in [3.05, 3.63) is 35.9 Å². The molecule has 0 saturated carbocycles. The van der Waals surface area contributed by atoms with E-state index < -0.39 is 0 Å². The van der Waals surface area contributed by atoms with Crippen LogP contribution in [0.1, 0.15) is 89.5 Å². The summed E-state index contributed by atoms with van der Waals surface area (Å²) in [6, 6.07) is 10.8. The summed E-state index contributed by atoms with van der Waals surface area (Å²) in [4.78, 5) is 0. The normalized spacial score (nSPS) is 18.2. The zero-order chi connectivity index (χ0) is 19.7. The maximum Gasteiger partial charge on any atom is 0.157 e. The molecule has 0 aliphatic carbocycles. The van der Waals surface area contributed by atoms with Crippen LogP contribution >= 0.6 is 0 Å². The molecule has 0 aromatic heterocycles. The first-order valence-electron chi connectivity index (χ1n) is 11.8. The number of hydrogen-bond acceptors (Lipinski definition) is 3. The number of unbranched alkanes of at least 4 members (excludes halogenated alkanes) is 6. The highest BCUT2D eigenvalue weighted by molar-refractivity contribution is 5.15. The molecule has 1 aromatic carbocycles. The zero-order valence-corrected chi connectivity index (χ0v) is 18.1. The molecule has 28 heavy (non-hydrogen) atoms. The molecule has 2 unspecified atom stereocenters. The van der Waals surface area contributed by atoms with Crippen LogP contribution in [0, 0.1) is 0 Å². The summed E-state index contributed by atoms with van der Waals surface area (Å²) in [5.41, 5.74) is 1.38. The van der Waals surface area contributed by atoms with Gasteiger partial charge in [0.1, 0.15) is 0 Å².